The minimum atomic E-state index is -0.411. The normalized spacial score (nSPS) is 19.2. The Hall–Kier alpha value is -1.16. The molecule has 4 heteroatoms. The van der Waals surface area contributed by atoms with Crippen LogP contribution in [0.15, 0.2) is 10.9 Å². The quantitative estimate of drug-likeness (QED) is 0.865. The van der Waals surface area contributed by atoms with Gasteiger partial charge in [-0.05, 0) is 19.8 Å². The Morgan fingerprint density at radius 3 is 2.38 bits per heavy atom. The molecule has 21 heavy (non-hydrogen) atoms. The lowest BCUT2D eigenvalue weighted by atomic mass is 9.89. The van der Waals surface area contributed by atoms with Crippen molar-refractivity contribution in [3.8, 4) is 0 Å². The zero-order chi connectivity index (χ0) is 15.5. The van der Waals surface area contributed by atoms with Gasteiger partial charge < -0.3 is 9.72 Å². The molecular weight excluding hydrogens is 264 g/mol. The summed E-state index contributed by atoms with van der Waals surface area (Å²) in [5, 5.41) is 0. The van der Waals surface area contributed by atoms with Crippen LogP contribution in [0.4, 0.5) is 0 Å². The van der Waals surface area contributed by atoms with Crippen molar-refractivity contribution >= 4 is 0 Å². The number of nitrogens with one attached hydrogen (secondary N) is 1. The number of ether oxygens (including phenoxy) is 1. The van der Waals surface area contributed by atoms with Crippen LogP contribution in [-0.2, 0) is 15.8 Å². The van der Waals surface area contributed by atoms with Crippen LogP contribution >= 0.6 is 0 Å². The lowest BCUT2D eigenvalue weighted by Gasteiger charge is -2.32. The molecule has 0 spiro atoms. The molecule has 1 saturated carbocycles. The topological polar surface area (TPSA) is 55.0 Å². The van der Waals surface area contributed by atoms with Gasteiger partial charge in [-0.1, -0.05) is 46.5 Å². The Kier molecular flexibility index (Phi) is 4.87. The Morgan fingerprint density at radius 1 is 1.24 bits per heavy atom. The summed E-state index contributed by atoms with van der Waals surface area (Å²) in [7, 11) is 0. The minimum absolute atomic E-state index is 0.0757. The van der Waals surface area contributed by atoms with E-state index in [-0.39, 0.29) is 11.0 Å². The van der Waals surface area contributed by atoms with Gasteiger partial charge in [0.15, 0.2) is 0 Å². The molecule has 1 aromatic heterocycles. The predicted octanol–water partition coefficient (Wildman–Crippen LogP) is 3.65. The molecule has 118 valence electrons. The van der Waals surface area contributed by atoms with Crippen molar-refractivity contribution in [1.82, 2.24) is 9.97 Å². The van der Waals surface area contributed by atoms with Crippen LogP contribution in [0, 0.1) is 0 Å². The van der Waals surface area contributed by atoms with Gasteiger partial charge in [-0.3, -0.25) is 4.79 Å². The summed E-state index contributed by atoms with van der Waals surface area (Å²) in [5.41, 5.74) is 0.213. The van der Waals surface area contributed by atoms with Crippen LogP contribution < -0.4 is 5.56 Å². The third-order valence-electron chi connectivity index (χ3n) is 4.27. The average molecular weight is 292 g/mol. The zero-order valence-corrected chi connectivity index (χ0v) is 13.8. The highest BCUT2D eigenvalue weighted by molar-refractivity contribution is 5.15. The standard InChI is InChI=1S/C17H28N2O2/c1-5-21-17(10-8-6-7-9-11-17)15-18-13(16(2,3)4)12-14(20)19-15/h12H,5-11H2,1-4H3,(H,18,19,20). The van der Waals surface area contributed by atoms with Crippen molar-refractivity contribution in [2.24, 2.45) is 0 Å². The first-order chi connectivity index (χ1) is 9.87. The molecule has 0 aliphatic heterocycles. The SMILES string of the molecule is CCOC1(c2nc(C(C)(C)C)cc(=O)[nH]2)CCCCCC1. The molecule has 1 heterocycles. The van der Waals surface area contributed by atoms with Crippen LogP contribution in [0.5, 0.6) is 0 Å². The highest BCUT2D eigenvalue weighted by Gasteiger charge is 2.36. The number of nitrogens with zero attached hydrogens (tertiary/aromatic N) is 1. The van der Waals surface area contributed by atoms with E-state index < -0.39 is 5.60 Å². The molecule has 1 fully saturated rings. The molecule has 1 N–H and O–H groups in total. The summed E-state index contributed by atoms with van der Waals surface area (Å²) in [4.78, 5) is 19.8. The van der Waals surface area contributed by atoms with E-state index in [1.54, 1.807) is 6.07 Å². The predicted molar refractivity (Wildman–Crippen MR) is 84.6 cm³/mol. The van der Waals surface area contributed by atoms with Gasteiger partial charge in [-0.15, -0.1) is 0 Å². The van der Waals surface area contributed by atoms with E-state index in [1.165, 1.54) is 12.8 Å². The first-order valence-corrected chi connectivity index (χ1v) is 8.14. The smallest absolute Gasteiger partial charge is 0.251 e. The number of rotatable bonds is 3. The summed E-state index contributed by atoms with van der Waals surface area (Å²) in [6.07, 6.45) is 6.61. The number of H-pyrrole nitrogens is 1. The maximum atomic E-state index is 12.1. The second kappa shape index (κ2) is 6.30. The van der Waals surface area contributed by atoms with E-state index in [0.717, 1.165) is 37.2 Å². The molecule has 0 amide bonds. The first kappa shape index (κ1) is 16.2. The van der Waals surface area contributed by atoms with Crippen LogP contribution in [-0.4, -0.2) is 16.6 Å². The van der Waals surface area contributed by atoms with Crippen molar-refractivity contribution in [1.29, 1.82) is 0 Å². The van der Waals surface area contributed by atoms with Gasteiger partial charge in [0.05, 0.1) is 5.69 Å². The molecule has 0 saturated heterocycles. The van der Waals surface area contributed by atoms with Crippen molar-refractivity contribution in [2.75, 3.05) is 6.61 Å². The highest BCUT2D eigenvalue weighted by Crippen LogP contribution is 2.38. The fourth-order valence-corrected chi connectivity index (χ4v) is 3.08. The highest BCUT2D eigenvalue weighted by atomic mass is 16.5. The van der Waals surface area contributed by atoms with Gasteiger partial charge in [0.2, 0.25) is 0 Å². The van der Waals surface area contributed by atoms with E-state index in [2.05, 4.69) is 25.8 Å². The molecule has 2 rings (SSSR count). The molecule has 0 radical (unpaired) electrons. The first-order valence-electron chi connectivity index (χ1n) is 8.14. The van der Waals surface area contributed by atoms with E-state index in [9.17, 15) is 4.79 Å². The Bertz CT molecular complexity index is 520. The summed E-state index contributed by atoms with van der Waals surface area (Å²) >= 11 is 0. The lowest BCUT2D eigenvalue weighted by molar-refractivity contribution is -0.0628. The maximum absolute atomic E-state index is 12.1. The van der Waals surface area contributed by atoms with Gasteiger partial charge in [-0.2, -0.15) is 0 Å². The molecule has 0 unspecified atom stereocenters. The van der Waals surface area contributed by atoms with Gasteiger partial charge in [-0.25, -0.2) is 4.98 Å². The number of hydrogen-bond acceptors (Lipinski definition) is 3. The second-order valence-electron chi connectivity index (χ2n) is 7.07. The minimum Gasteiger partial charge on any atom is -0.367 e. The average Bonchev–Trinajstić information content (AvgIpc) is 2.64. The summed E-state index contributed by atoms with van der Waals surface area (Å²) in [6.45, 7) is 8.90. The van der Waals surface area contributed by atoms with Gasteiger partial charge in [0.1, 0.15) is 11.4 Å². The van der Waals surface area contributed by atoms with E-state index in [1.807, 2.05) is 6.92 Å². The van der Waals surface area contributed by atoms with Gasteiger partial charge in [0.25, 0.3) is 5.56 Å². The van der Waals surface area contributed by atoms with Crippen LogP contribution in [0.25, 0.3) is 0 Å². The van der Waals surface area contributed by atoms with Gasteiger partial charge >= 0.3 is 0 Å². The van der Waals surface area contributed by atoms with Crippen molar-refractivity contribution < 1.29 is 4.74 Å². The Labute approximate surface area is 127 Å². The summed E-state index contributed by atoms with van der Waals surface area (Å²) in [5.74, 6) is 0.726. The fraction of sp³-hybridized carbons (Fsp3) is 0.765. The maximum Gasteiger partial charge on any atom is 0.251 e. The van der Waals surface area contributed by atoms with Crippen LogP contribution in [0.1, 0.15) is 77.7 Å². The van der Waals surface area contributed by atoms with Crippen molar-refractivity contribution in [2.45, 2.75) is 77.2 Å². The fourth-order valence-electron chi connectivity index (χ4n) is 3.08. The van der Waals surface area contributed by atoms with Crippen LogP contribution in [0.2, 0.25) is 0 Å². The molecule has 0 atom stereocenters. The molecule has 0 aromatic carbocycles. The summed E-state index contributed by atoms with van der Waals surface area (Å²) < 4.78 is 6.13. The van der Waals surface area contributed by atoms with E-state index >= 15 is 0 Å². The molecule has 4 nitrogen and oxygen atoms in total. The monoisotopic (exact) mass is 292 g/mol. The van der Waals surface area contributed by atoms with Crippen molar-refractivity contribution in [3.63, 3.8) is 0 Å². The largest absolute Gasteiger partial charge is 0.367 e. The molecule has 1 aliphatic carbocycles. The third kappa shape index (κ3) is 3.73. The number of hydrogen-bond donors (Lipinski definition) is 1. The van der Waals surface area contributed by atoms with Crippen molar-refractivity contribution in [3.05, 3.63) is 27.9 Å². The number of aromatic nitrogens is 2. The second-order valence-corrected chi connectivity index (χ2v) is 7.07. The van der Waals surface area contributed by atoms with E-state index in [4.69, 9.17) is 9.72 Å². The molecule has 0 bridgehead atoms. The summed E-state index contributed by atoms with van der Waals surface area (Å²) in [6, 6.07) is 1.61. The lowest BCUT2D eigenvalue weighted by Crippen LogP contribution is -2.35. The zero-order valence-electron chi connectivity index (χ0n) is 13.8. The molecule has 1 aliphatic rings. The van der Waals surface area contributed by atoms with Gasteiger partial charge in [0, 0.05) is 18.1 Å². The van der Waals surface area contributed by atoms with Crippen LogP contribution in [0.3, 0.4) is 0 Å². The third-order valence-corrected chi connectivity index (χ3v) is 4.27. The Balaban J connectivity index is 2.49. The van der Waals surface area contributed by atoms with E-state index in [0.29, 0.717) is 6.61 Å². The molecular formula is C17H28N2O2. The molecule has 1 aromatic rings. The Morgan fingerprint density at radius 2 is 1.86 bits per heavy atom. The number of aromatic amines is 1.